The van der Waals surface area contributed by atoms with Crippen LogP contribution in [0.5, 0.6) is 5.75 Å². The Hall–Kier alpha value is -0.830. The van der Waals surface area contributed by atoms with E-state index in [4.69, 9.17) is 11.6 Å². The Kier molecular flexibility index (Phi) is 5.00. The summed E-state index contributed by atoms with van der Waals surface area (Å²) in [5, 5.41) is 0. The normalized spacial score (nSPS) is 11.2. The van der Waals surface area contributed by atoms with E-state index in [-0.39, 0.29) is 5.75 Å². The quantitative estimate of drug-likeness (QED) is 0.709. The molecule has 0 spiro atoms. The molecule has 1 aromatic carbocycles. The van der Waals surface area contributed by atoms with Crippen molar-refractivity contribution in [2.75, 3.05) is 0 Å². The predicted octanol–water partition coefficient (Wildman–Crippen LogP) is 4.23. The van der Waals surface area contributed by atoms with Crippen LogP contribution in [-0.4, -0.2) is 6.61 Å². The molecule has 0 aliphatic rings. The van der Waals surface area contributed by atoms with Gasteiger partial charge in [-0.3, -0.25) is 0 Å². The highest BCUT2D eigenvalue weighted by molar-refractivity contribution is 6.17. The van der Waals surface area contributed by atoms with Gasteiger partial charge < -0.3 is 4.74 Å². The van der Waals surface area contributed by atoms with Crippen molar-refractivity contribution in [1.29, 1.82) is 0 Å². The van der Waals surface area contributed by atoms with Gasteiger partial charge in [-0.15, -0.1) is 11.6 Å². The predicted molar refractivity (Wildman–Crippen MR) is 61.2 cm³/mol. The summed E-state index contributed by atoms with van der Waals surface area (Å²) in [4.78, 5) is 0. The van der Waals surface area contributed by atoms with Gasteiger partial charge in [0.1, 0.15) is 5.75 Å². The molecule has 0 unspecified atom stereocenters. The molecule has 0 N–H and O–H groups in total. The van der Waals surface area contributed by atoms with E-state index in [0.29, 0.717) is 18.2 Å². The van der Waals surface area contributed by atoms with Crippen LogP contribution in [0.1, 0.15) is 25.0 Å². The first-order valence-electron chi connectivity index (χ1n) is 5.15. The molecule has 0 radical (unpaired) electrons. The van der Waals surface area contributed by atoms with Crippen molar-refractivity contribution in [2.24, 2.45) is 5.92 Å². The third kappa shape index (κ3) is 3.97. The largest absolute Gasteiger partial charge is 0.435 e. The van der Waals surface area contributed by atoms with Crippen molar-refractivity contribution in [1.82, 2.24) is 0 Å². The molecule has 0 aliphatic heterocycles. The van der Waals surface area contributed by atoms with E-state index in [1.807, 2.05) is 19.9 Å². The fourth-order valence-corrected chi connectivity index (χ4v) is 1.66. The molecule has 1 nitrogen and oxygen atoms in total. The zero-order valence-electron chi connectivity index (χ0n) is 9.34. The molecule has 1 rings (SSSR count). The summed E-state index contributed by atoms with van der Waals surface area (Å²) in [6.07, 6.45) is 0.713. The lowest BCUT2D eigenvalue weighted by Crippen LogP contribution is -2.06. The number of halogens is 3. The highest BCUT2D eigenvalue weighted by Gasteiger charge is 2.11. The molecule has 0 saturated carbocycles. The standard InChI is InChI=1S/C12H15ClF2O/c1-8(2)5-10-4-3-9(7-13)6-11(10)16-12(14)15/h3-4,6,8,12H,5,7H2,1-2H3. The molecule has 1 aromatic rings. The van der Waals surface area contributed by atoms with Gasteiger partial charge in [-0.05, 0) is 29.5 Å². The molecular formula is C12H15ClF2O. The molecule has 0 atom stereocenters. The van der Waals surface area contributed by atoms with Crippen molar-refractivity contribution in [3.8, 4) is 5.75 Å². The Bertz CT molecular complexity index is 340. The van der Waals surface area contributed by atoms with E-state index in [2.05, 4.69) is 4.74 Å². The van der Waals surface area contributed by atoms with E-state index >= 15 is 0 Å². The maximum absolute atomic E-state index is 12.2. The summed E-state index contributed by atoms with van der Waals surface area (Å²) in [7, 11) is 0. The maximum Gasteiger partial charge on any atom is 0.387 e. The van der Waals surface area contributed by atoms with Gasteiger partial charge in [-0.1, -0.05) is 26.0 Å². The highest BCUT2D eigenvalue weighted by atomic mass is 35.5. The maximum atomic E-state index is 12.2. The van der Waals surface area contributed by atoms with E-state index in [9.17, 15) is 8.78 Å². The molecule has 0 aliphatic carbocycles. The summed E-state index contributed by atoms with van der Waals surface area (Å²) < 4.78 is 28.9. The fraction of sp³-hybridized carbons (Fsp3) is 0.500. The number of hydrogen-bond donors (Lipinski definition) is 0. The Morgan fingerprint density at radius 2 is 2.00 bits per heavy atom. The first-order valence-corrected chi connectivity index (χ1v) is 5.69. The molecule has 0 fully saturated rings. The number of alkyl halides is 3. The van der Waals surface area contributed by atoms with Crippen LogP contribution in [0.2, 0.25) is 0 Å². The van der Waals surface area contributed by atoms with Crippen LogP contribution in [-0.2, 0) is 12.3 Å². The van der Waals surface area contributed by atoms with Crippen LogP contribution in [0.25, 0.3) is 0 Å². The molecule has 4 heteroatoms. The average Bonchev–Trinajstić information content (AvgIpc) is 2.19. The number of ether oxygens (including phenoxy) is 1. The molecule has 0 aromatic heterocycles. The molecule has 0 heterocycles. The van der Waals surface area contributed by atoms with Gasteiger partial charge >= 0.3 is 6.61 Å². The van der Waals surface area contributed by atoms with Gasteiger partial charge in [0, 0.05) is 5.88 Å². The molecule has 90 valence electrons. The van der Waals surface area contributed by atoms with Gasteiger partial charge in [0.15, 0.2) is 0 Å². The first kappa shape index (κ1) is 13.2. The van der Waals surface area contributed by atoms with Crippen LogP contribution in [0.3, 0.4) is 0 Å². The van der Waals surface area contributed by atoms with E-state index < -0.39 is 6.61 Å². The minimum atomic E-state index is -2.79. The van der Waals surface area contributed by atoms with Crippen LogP contribution in [0.15, 0.2) is 18.2 Å². The average molecular weight is 249 g/mol. The Balaban J connectivity index is 2.96. The van der Waals surface area contributed by atoms with Crippen molar-refractivity contribution in [2.45, 2.75) is 32.8 Å². The van der Waals surface area contributed by atoms with Crippen molar-refractivity contribution in [3.05, 3.63) is 29.3 Å². The van der Waals surface area contributed by atoms with E-state index in [1.165, 1.54) is 0 Å². The molecule has 0 amide bonds. The number of hydrogen-bond acceptors (Lipinski definition) is 1. The highest BCUT2D eigenvalue weighted by Crippen LogP contribution is 2.25. The Morgan fingerprint density at radius 3 is 2.50 bits per heavy atom. The zero-order valence-corrected chi connectivity index (χ0v) is 10.1. The summed E-state index contributed by atoms with van der Waals surface area (Å²) >= 11 is 5.65. The van der Waals surface area contributed by atoms with Gasteiger partial charge in [-0.25, -0.2) is 0 Å². The second kappa shape index (κ2) is 6.04. The van der Waals surface area contributed by atoms with Gasteiger partial charge in [0.05, 0.1) is 0 Å². The topological polar surface area (TPSA) is 9.23 Å². The summed E-state index contributed by atoms with van der Waals surface area (Å²) in [5.41, 5.74) is 1.58. The Morgan fingerprint density at radius 1 is 1.31 bits per heavy atom. The van der Waals surface area contributed by atoms with Gasteiger partial charge in [0.25, 0.3) is 0 Å². The second-order valence-electron chi connectivity index (χ2n) is 4.05. The smallest absolute Gasteiger partial charge is 0.387 e. The summed E-state index contributed by atoms with van der Waals surface area (Å²) in [5.74, 6) is 0.922. The van der Waals surface area contributed by atoms with Crippen LogP contribution < -0.4 is 4.74 Å². The van der Waals surface area contributed by atoms with Crippen molar-refractivity contribution >= 4 is 11.6 Å². The minimum absolute atomic E-state index is 0.238. The third-order valence-corrected chi connectivity index (χ3v) is 2.44. The van der Waals surface area contributed by atoms with Gasteiger partial charge in [-0.2, -0.15) is 8.78 Å². The molecule has 0 saturated heterocycles. The molecular weight excluding hydrogens is 234 g/mol. The zero-order chi connectivity index (χ0) is 12.1. The minimum Gasteiger partial charge on any atom is -0.435 e. The molecule has 16 heavy (non-hydrogen) atoms. The second-order valence-corrected chi connectivity index (χ2v) is 4.32. The van der Waals surface area contributed by atoms with Crippen molar-refractivity contribution < 1.29 is 13.5 Å². The number of benzene rings is 1. The van der Waals surface area contributed by atoms with E-state index in [1.54, 1.807) is 12.1 Å². The van der Waals surface area contributed by atoms with E-state index in [0.717, 1.165) is 11.1 Å². The number of rotatable bonds is 5. The summed E-state index contributed by atoms with van der Waals surface area (Å²) in [6, 6.07) is 5.22. The third-order valence-electron chi connectivity index (χ3n) is 2.13. The monoisotopic (exact) mass is 248 g/mol. The lowest BCUT2D eigenvalue weighted by atomic mass is 10.0. The Labute approximate surface area is 99.4 Å². The van der Waals surface area contributed by atoms with Crippen LogP contribution >= 0.6 is 11.6 Å². The van der Waals surface area contributed by atoms with Gasteiger partial charge in [0.2, 0.25) is 0 Å². The van der Waals surface area contributed by atoms with Crippen LogP contribution in [0, 0.1) is 5.92 Å². The van der Waals surface area contributed by atoms with Crippen LogP contribution in [0.4, 0.5) is 8.78 Å². The van der Waals surface area contributed by atoms with Crippen molar-refractivity contribution in [3.63, 3.8) is 0 Å². The lowest BCUT2D eigenvalue weighted by Gasteiger charge is -2.13. The summed E-state index contributed by atoms with van der Waals surface area (Å²) in [6.45, 7) is 1.26. The fourth-order valence-electron chi connectivity index (χ4n) is 1.50. The lowest BCUT2D eigenvalue weighted by molar-refractivity contribution is -0.0505. The molecule has 0 bridgehead atoms. The first-order chi connectivity index (χ1) is 7.52. The SMILES string of the molecule is CC(C)Cc1ccc(CCl)cc1OC(F)F.